The first-order valence-electron chi connectivity index (χ1n) is 7.38. The van der Waals surface area contributed by atoms with E-state index in [1.807, 2.05) is 38.4 Å². The van der Waals surface area contributed by atoms with Gasteiger partial charge in [0, 0.05) is 0 Å². The quantitative estimate of drug-likeness (QED) is 0.196. The summed E-state index contributed by atoms with van der Waals surface area (Å²) >= 11 is 0. The second kappa shape index (κ2) is 32.6. The Hall–Kier alpha value is -0.250. The van der Waals surface area contributed by atoms with Gasteiger partial charge in [0.25, 0.3) is 0 Å². The molecule has 1 aliphatic carbocycles. The fourth-order valence-electron chi connectivity index (χ4n) is 0.781. The van der Waals surface area contributed by atoms with Crippen LogP contribution in [-0.2, 0) is 25.8 Å². The molecule has 0 amide bonds. The summed E-state index contributed by atoms with van der Waals surface area (Å²) in [5, 5.41) is 7.71. The van der Waals surface area contributed by atoms with Crippen LogP contribution < -0.4 is 0 Å². The van der Waals surface area contributed by atoms with Crippen LogP contribution in [0.4, 0.5) is 0 Å². The minimum atomic E-state index is 0. The molecule has 124 valence electrons. The second-order valence-electron chi connectivity index (χ2n) is 4.74. The van der Waals surface area contributed by atoms with E-state index in [0.717, 1.165) is 32.4 Å². The Bertz CT molecular complexity index is 221. The van der Waals surface area contributed by atoms with E-state index in [2.05, 4.69) is 56.7 Å². The van der Waals surface area contributed by atoms with Gasteiger partial charge < -0.3 is 16.6 Å². The molecule has 0 N–H and O–H groups in total. The van der Waals surface area contributed by atoms with Gasteiger partial charge in [-0.2, -0.15) is 40.9 Å². The molecule has 2 nitrogen and oxygen atoms in total. The molecule has 0 heterocycles. The van der Waals surface area contributed by atoms with Crippen LogP contribution in [0, 0.1) is 12.0 Å². The average molecular weight is 469 g/mol. The molecule has 0 bridgehead atoms. The first kappa shape index (κ1) is 29.7. The van der Waals surface area contributed by atoms with Crippen LogP contribution in [0.2, 0.25) is 0 Å². The van der Waals surface area contributed by atoms with Gasteiger partial charge in [-0.25, -0.2) is 12.2 Å². The van der Waals surface area contributed by atoms with Crippen molar-refractivity contribution in [2.45, 2.75) is 40.0 Å². The molecular weight excluding hydrogens is 435 g/mol. The number of nitrogens with zero attached hydrogens (tertiary/aromatic N) is 2. The summed E-state index contributed by atoms with van der Waals surface area (Å²) in [6.45, 7) is 15.2. The van der Waals surface area contributed by atoms with Crippen molar-refractivity contribution >= 4 is 0 Å². The summed E-state index contributed by atoms with van der Waals surface area (Å²) in [6, 6.07) is 0. The molecule has 0 saturated carbocycles. The average Bonchev–Trinajstić information content (AvgIpc) is 3.02. The van der Waals surface area contributed by atoms with Gasteiger partial charge in [-0.05, 0) is 0 Å². The minimum absolute atomic E-state index is 0. The van der Waals surface area contributed by atoms with Crippen molar-refractivity contribution in [1.82, 2.24) is 0 Å². The van der Waals surface area contributed by atoms with Crippen molar-refractivity contribution in [3.63, 3.8) is 0 Å². The van der Waals surface area contributed by atoms with E-state index >= 15 is 0 Å². The molecule has 0 radical (unpaired) electrons. The van der Waals surface area contributed by atoms with E-state index in [1.54, 1.807) is 0 Å². The molecule has 0 aromatic rings. The fourth-order valence-corrected chi connectivity index (χ4v) is 0.781. The molecular formula is C19H34HfN2. The predicted molar refractivity (Wildman–Crippen MR) is 99.8 cm³/mol. The molecule has 0 spiro atoms. The van der Waals surface area contributed by atoms with Gasteiger partial charge in [0.2, 0.25) is 0 Å². The van der Waals surface area contributed by atoms with Gasteiger partial charge in [0.05, 0.1) is 0 Å². The molecule has 0 unspecified atom stereocenters. The Kier molecular flexibility index (Phi) is 44.1. The maximum atomic E-state index is 3.85. The van der Waals surface area contributed by atoms with Crippen molar-refractivity contribution in [2.24, 2.45) is 0 Å². The van der Waals surface area contributed by atoms with Crippen LogP contribution >= 0.6 is 0 Å². The topological polar surface area (TPSA) is 28.2 Å². The summed E-state index contributed by atoms with van der Waals surface area (Å²) in [4.78, 5) is 0. The fraction of sp³-hybridized carbons (Fsp3) is 0.526. The molecule has 0 aromatic heterocycles. The van der Waals surface area contributed by atoms with Crippen LogP contribution in [0.5, 0.6) is 0 Å². The van der Waals surface area contributed by atoms with E-state index in [1.165, 1.54) is 5.92 Å². The summed E-state index contributed by atoms with van der Waals surface area (Å²) in [5.41, 5.74) is 0. The van der Waals surface area contributed by atoms with Crippen molar-refractivity contribution < 1.29 is 25.8 Å². The van der Waals surface area contributed by atoms with Crippen LogP contribution in [0.3, 0.4) is 0 Å². The number of hydrogen-bond donors (Lipinski definition) is 0. The maximum absolute atomic E-state index is 3.85. The largest absolute Gasteiger partial charge is 4.00 e. The zero-order valence-corrected chi connectivity index (χ0v) is 18.8. The van der Waals surface area contributed by atoms with Gasteiger partial charge in [0.15, 0.2) is 0 Å². The van der Waals surface area contributed by atoms with Crippen molar-refractivity contribution in [1.29, 1.82) is 0 Å². The molecule has 3 heteroatoms. The predicted octanol–water partition coefficient (Wildman–Crippen LogP) is 6.06. The normalized spacial score (nSPS) is 10.1. The zero-order chi connectivity index (χ0) is 16.8. The van der Waals surface area contributed by atoms with E-state index in [4.69, 9.17) is 0 Å². The third kappa shape index (κ3) is 60.1. The van der Waals surface area contributed by atoms with Crippen molar-refractivity contribution in [2.75, 3.05) is 27.2 Å². The third-order valence-electron chi connectivity index (χ3n) is 1.70. The summed E-state index contributed by atoms with van der Waals surface area (Å²) in [7, 11) is 3.62. The standard InChI is InChI=1S/2C5H10N.C5H5.C4H9.Hf/c2*1-3-4-5-6-2;1-2-4-5-3-1;1-4(2)3;/h2*3H,1,4-5H2,2H3;1-3H,4H2;1-3H3;/q4*-1;+4. The Morgan fingerprint density at radius 3 is 1.55 bits per heavy atom. The van der Waals surface area contributed by atoms with Crippen LogP contribution in [0.25, 0.3) is 10.6 Å². The van der Waals surface area contributed by atoms with Gasteiger partial charge in [-0.15, -0.1) is 32.7 Å². The van der Waals surface area contributed by atoms with Crippen LogP contribution in [0.15, 0.2) is 43.5 Å². The smallest absolute Gasteiger partial charge is 0.665 e. The van der Waals surface area contributed by atoms with E-state index in [-0.39, 0.29) is 25.8 Å². The van der Waals surface area contributed by atoms with E-state index in [9.17, 15) is 0 Å². The van der Waals surface area contributed by atoms with Crippen LogP contribution in [0.1, 0.15) is 40.0 Å². The molecule has 0 aromatic carbocycles. The van der Waals surface area contributed by atoms with Crippen molar-refractivity contribution in [3.05, 3.63) is 66.2 Å². The minimum Gasteiger partial charge on any atom is -0.665 e. The monoisotopic (exact) mass is 470 g/mol. The Balaban J connectivity index is -0.0000000977. The molecule has 1 aliphatic rings. The summed E-state index contributed by atoms with van der Waals surface area (Å²) in [5.74, 6) is 1.42. The van der Waals surface area contributed by atoms with Crippen molar-refractivity contribution in [3.8, 4) is 0 Å². The van der Waals surface area contributed by atoms with E-state index < -0.39 is 0 Å². The number of allylic oxidation sites excluding steroid dienone is 4. The maximum Gasteiger partial charge on any atom is 4.00 e. The summed E-state index contributed by atoms with van der Waals surface area (Å²) < 4.78 is 0. The van der Waals surface area contributed by atoms with E-state index in [0.29, 0.717) is 0 Å². The first-order valence-corrected chi connectivity index (χ1v) is 7.38. The zero-order valence-electron chi connectivity index (χ0n) is 15.2. The molecule has 0 atom stereocenters. The Morgan fingerprint density at radius 1 is 1.05 bits per heavy atom. The SMILES string of the molecule is C=CCC[N-]C.C=CCC[N-]C.C[C-](C)C.[C-]1=CC=CC1.[Hf+4]. The third-order valence-corrected chi connectivity index (χ3v) is 1.70. The van der Waals surface area contributed by atoms with Gasteiger partial charge in [0.1, 0.15) is 0 Å². The second-order valence-corrected chi connectivity index (χ2v) is 4.74. The summed E-state index contributed by atoms with van der Waals surface area (Å²) in [6.07, 6.45) is 15.8. The Labute approximate surface area is 159 Å². The van der Waals surface area contributed by atoms with Gasteiger partial charge >= 0.3 is 25.8 Å². The number of hydrogen-bond acceptors (Lipinski definition) is 0. The molecule has 0 saturated heterocycles. The molecule has 0 fully saturated rings. The molecule has 0 aliphatic heterocycles. The van der Waals surface area contributed by atoms with Crippen LogP contribution in [-0.4, -0.2) is 27.2 Å². The molecule has 1 rings (SSSR count). The first-order chi connectivity index (χ1) is 10.1. The van der Waals surface area contributed by atoms with Gasteiger partial charge in [-0.1, -0.05) is 25.0 Å². The number of rotatable bonds is 6. The van der Waals surface area contributed by atoms with Gasteiger partial charge in [-0.3, -0.25) is 6.08 Å². The Morgan fingerprint density at radius 2 is 1.45 bits per heavy atom. The molecule has 22 heavy (non-hydrogen) atoms.